The number of nitrogens with one attached hydrogen (secondary N) is 1. The molecule has 1 amide bonds. The van der Waals surface area contributed by atoms with Gasteiger partial charge in [0.15, 0.2) is 0 Å². The van der Waals surface area contributed by atoms with Crippen molar-refractivity contribution in [2.24, 2.45) is 0 Å². The minimum atomic E-state index is -0.154. The quantitative estimate of drug-likeness (QED) is 0.757. The van der Waals surface area contributed by atoms with Crippen molar-refractivity contribution in [1.82, 2.24) is 0 Å². The number of thioether (sulfide) groups is 1. The van der Waals surface area contributed by atoms with Crippen molar-refractivity contribution < 1.29 is 4.79 Å². The standard InChI is InChI=1S/C17H18BrNOS/c1-11-6-4-7-12(2)16(11)19-17(20)13(3)21-15-9-5-8-14(18)10-15/h4-10,13H,1-3H3,(H,19,20). The van der Waals surface area contributed by atoms with Crippen LogP contribution >= 0.6 is 27.7 Å². The Balaban J connectivity index is 2.06. The molecule has 0 bridgehead atoms. The zero-order valence-electron chi connectivity index (χ0n) is 12.3. The Morgan fingerprint density at radius 3 is 2.38 bits per heavy atom. The Morgan fingerprint density at radius 2 is 1.76 bits per heavy atom. The number of halogens is 1. The van der Waals surface area contributed by atoms with Gasteiger partial charge in [-0.3, -0.25) is 4.79 Å². The largest absolute Gasteiger partial charge is 0.325 e. The molecule has 0 radical (unpaired) electrons. The summed E-state index contributed by atoms with van der Waals surface area (Å²) in [6, 6.07) is 14.0. The van der Waals surface area contributed by atoms with Crippen molar-refractivity contribution in [3.8, 4) is 0 Å². The van der Waals surface area contributed by atoms with Crippen LogP contribution in [0.2, 0.25) is 0 Å². The van der Waals surface area contributed by atoms with Gasteiger partial charge in [-0.25, -0.2) is 0 Å². The molecule has 21 heavy (non-hydrogen) atoms. The number of amides is 1. The first-order valence-electron chi connectivity index (χ1n) is 6.76. The van der Waals surface area contributed by atoms with Gasteiger partial charge in [0.25, 0.3) is 0 Å². The van der Waals surface area contributed by atoms with E-state index in [9.17, 15) is 4.79 Å². The van der Waals surface area contributed by atoms with E-state index in [0.717, 1.165) is 26.2 Å². The number of para-hydroxylation sites is 1. The van der Waals surface area contributed by atoms with Crippen LogP contribution in [0.3, 0.4) is 0 Å². The first-order chi connectivity index (χ1) is 9.97. The molecule has 0 saturated carbocycles. The van der Waals surface area contributed by atoms with Crippen LogP contribution in [-0.4, -0.2) is 11.2 Å². The zero-order chi connectivity index (χ0) is 15.4. The van der Waals surface area contributed by atoms with Gasteiger partial charge >= 0.3 is 0 Å². The van der Waals surface area contributed by atoms with Crippen LogP contribution < -0.4 is 5.32 Å². The molecular weight excluding hydrogens is 346 g/mol. The second-order valence-electron chi connectivity index (χ2n) is 4.97. The Bertz CT molecular complexity index is 637. The number of aryl methyl sites for hydroxylation is 2. The molecule has 0 heterocycles. The summed E-state index contributed by atoms with van der Waals surface area (Å²) in [4.78, 5) is 13.4. The van der Waals surface area contributed by atoms with Gasteiger partial charge in [0.1, 0.15) is 0 Å². The van der Waals surface area contributed by atoms with Crippen molar-refractivity contribution in [1.29, 1.82) is 0 Å². The average Bonchev–Trinajstić information content (AvgIpc) is 2.43. The number of anilines is 1. The molecule has 0 aliphatic rings. The number of benzene rings is 2. The highest BCUT2D eigenvalue weighted by Gasteiger charge is 2.16. The fourth-order valence-corrected chi connectivity index (χ4v) is 3.51. The third kappa shape index (κ3) is 4.35. The lowest BCUT2D eigenvalue weighted by Crippen LogP contribution is -2.23. The predicted molar refractivity (Wildman–Crippen MR) is 94.0 cm³/mol. The molecule has 2 rings (SSSR count). The van der Waals surface area contributed by atoms with E-state index in [1.807, 2.05) is 63.2 Å². The third-order valence-electron chi connectivity index (χ3n) is 3.21. The highest BCUT2D eigenvalue weighted by atomic mass is 79.9. The molecule has 1 unspecified atom stereocenters. The van der Waals surface area contributed by atoms with Crippen molar-refractivity contribution in [3.63, 3.8) is 0 Å². The van der Waals surface area contributed by atoms with Crippen LogP contribution in [-0.2, 0) is 4.79 Å². The van der Waals surface area contributed by atoms with Gasteiger partial charge in [-0.1, -0.05) is 40.2 Å². The molecule has 0 spiro atoms. The Kier molecular flexibility index (Phi) is 5.48. The van der Waals surface area contributed by atoms with Gasteiger partial charge < -0.3 is 5.32 Å². The topological polar surface area (TPSA) is 29.1 Å². The number of hydrogen-bond acceptors (Lipinski definition) is 2. The van der Waals surface area contributed by atoms with E-state index in [0.29, 0.717) is 0 Å². The zero-order valence-corrected chi connectivity index (χ0v) is 14.7. The van der Waals surface area contributed by atoms with Crippen LogP contribution in [0, 0.1) is 13.8 Å². The van der Waals surface area contributed by atoms with Crippen LogP contribution in [0.25, 0.3) is 0 Å². The first kappa shape index (κ1) is 16.1. The van der Waals surface area contributed by atoms with Gasteiger partial charge in [-0.15, -0.1) is 11.8 Å². The summed E-state index contributed by atoms with van der Waals surface area (Å²) in [5.41, 5.74) is 3.09. The van der Waals surface area contributed by atoms with Gasteiger partial charge in [0, 0.05) is 15.1 Å². The molecule has 0 aliphatic heterocycles. The van der Waals surface area contributed by atoms with Crippen LogP contribution in [0.1, 0.15) is 18.1 Å². The van der Waals surface area contributed by atoms with E-state index in [2.05, 4.69) is 21.2 Å². The average molecular weight is 364 g/mol. The molecule has 4 heteroatoms. The lowest BCUT2D eigenvalue weighted by Gasteiger charge is -2.15. The molecule has 2 nitrogen and oxygen atoms in total. The van der Waals surface area contributed by atoms with E-state index < -0.39 is 0 Å². The first-order valence-corrected chi connectivity index (χ1v) is 8.44. The van der Waals surface area contributed by atoms with Crippen molar-refractivity contribution in [2.45, 2.75) is 30.9 Å². The van der Waals surface area contributed by atoms with Gasteiger partial charge in [-0.2, -0.15) is 0 Å². The maximum absolute atomic E-state index is 12.4. The fraction of sp³-hybridized carbons (Fsp3) is 0.235. The highest BCUT2D eigenvalue weighted by molar-refractivity contribution is 9.10. The predicted octanol–water partition coefficient (Wildman–Crippen LogP) is 5.19. The second-order valence-corrected chi connectivity index (χ2v) is 7.30. The molecule has 2 aromatic carbocycles. The van der Waals surface area contributed by atoms with Crippen LogP contribution in [0.15, 0.2) is 51.8 Å². The van der Waals surface area contributed by atoms with E-state index >= 15 is 0 Å². The molecule has 0 aromatic heterocycles. The normalized spacial score (nSPS) is 12.0. The minimum Gasteiger partial charge on any atom is -0.325 e. The summed E-state index contributed by atoms with van der Waals surface area (Å²) < 4.78 is 1.02. The summed E-state index contributed by atoms with van der Waals surface area (Å²) in [6.45, 7) is 5.94. The van der Waals surface area contributed by atoms with Gasteiger partial charge in [0.2, 0.25) is 5.91 Å². The van der Waals surface area contributed by atoms with Crippen LogP contribution in [0.4, 0.5) is 5.69 Å². The molecule has 110 valence electrons. The molecule has 0 aliphatic carbocycles. The number of carbonyl (C=O) groups is 1. The van der Waals surface area contributed by atoms with E-state index in [-0.39, 0.29) is 11.2 Å². The molecule has 0 saturated heterocycles. The summed E-state index contributed by atoms with van der Waals surface area (Å²) in [6.07, 6.45) is 0. The van der Waals surface area contributed by atoms with E-state index in [4.69, 9.17) is 0 Å². The molecule has 1 N–H and O–H groups in total. The maximum atomic E-state index is 12.4. The fourth-order valence-electron chi connectivity index (χ4n) is 2.03. The lowest BCUT2D eigenvalue weighted by molar-refractivity contribution is -0.115. The Hall–Kier alpha value is -1.26. The van der Waals surface area contributed by atoms with Crippen molar-refractivity contribution >= 4 is 39.3 Å². The summed E-state index contributed by atoms with van der Waals surface area (Å²) in [5, 5.41) is 2.89. The second kappa shape index (κ2) is 7.14. The monoisotopic (exact) mass is 363 g/mol. The Morgan fingerprint density at radius 1 is 1.14 bits per heavy atom. The minimum absolute atomic E-state index is 0.0253. The van der Waals surface area contributed by atoms with E-state index in [1.165, 1.54) is 0 Å². The third-order valence-corrected chi connectivity index (χ3v) is 4.79. The molecule has 0 fully saturated rings. The molecular formula is C17H18BrNOS. The molecule has 1 atom stereocenters. The van der Waals surface area contributed by atoms with Crippen LogP contribution in [0.5, 0.6) is 0 Å². The van der Waals surface area contributed by atoms with Crippen molar-refractivity contribution in [2.75, 3.05) is 5.32 Å². The SMILES string of the molecule is Cc1cccc(C)c1NC(=O)C(C)Sc1cccc(Br)c1. The summed E-state index contributed by atoms with van der Waals surface area (Å²) in [5.74, 6) is 0.0253. The number of hydrogen-bond donors (Lipinski definition) is 1. The Labute approximate surface area is 138 Å². The summed E-state index contributed by atoms with van der Waals surface area (Å²) >= 11 is 5.00. The van der Waals surface area contributed by atoms with Crippen molar-refractivity contribution in [3.05, 3.63) is 58.1 Å². The number of rotatable bonds is 4. The lowest BCUT2D eigenvalue weighted by atomic mass is 10.1. The molecule has 2 aromatic rings. The van der Waals surface area contributed by atoms with E-state index in [1.54, 1.807) is 11.8 Å². The smallest absolute Gasteiger partial charge is 0.237 e. The highest BCUT2D eigenvalue weighted by Crippen LogP contribution is 2.27. The maximum Gasteiger partial charge on any atom is 0.237 e. The summed E-state index contributed by atoms with van der Waals surface area (Å²) in [7, 11) is 0. The van der Waals surface area contributed by atoms with Gasteiger partial charge in [-0.05, 0) is 50.1 Å². The number of carbonyl (C=O) groups excluding carboxylic acids is 1. The van der Waals surface area contributed by atoms with Gasteiger partial charge in [0.05, 0.1) is 5.25 Å².